The minimum absolute atomic E-state index is 0. The van der Waals surface area contributed by atoms with Crippen LogP contribution in [0.3, 0.4) is 0 Å². The van der Waals surface area contributed by atoms with Gasteiger partial charge in [0.1, 0.15) is 15.7 Å². The maximum absolute atomic E-state index is 12.9. The molecule has 8 heteroatoms. The lowest BCUT2D eigenvalue weighted by Crippen LogP contribution is -2.42. The monoisotopic (exact) mass is 485 g/mol. The maximum Gasteiger partial charge on any atom is 0.191 e. The van der Waals surface area contributed by atoms with Crippen molar-refractivity contribution in [3.63, 3.8) is 0 Å². The Kier molecular flexibility index (Phi) is 10.6. The predicted octanol–water partition coefficient (Wildman–Crippen LogP) is 2.96. The van der Waals surface area contributed by atoms with E-state index in [1.165, 1.54) is 18.4 Å². The van der Waals surface area contributed by atoms with Crippen LogP contribution in [0.15, 0.2) is 29.3 Å². The first kappa shape index (κ1) is 24.1. The molecule has 0 fully saturated rings. The van der Waals surface area contributed by atoms with Gasteiger partial charge >= 0.3 is 0 Å². The van der Waals surface area contributed by atoms with Gasteiger partial charge in [-0.25, -0.2) is 17.8 Å². The van der Waals surface area contributed by atoms with Crippen LogP contribution in [0, 0.1) is 11.2 Å². The lowest BCUT2D eigenvalue weighted by Gasteiger charge is -2.25. The molecule has 1 aromatic rings. The lowest BCUT2D eigenvalue weighted by molar-refractivity contribution is 0.348. The summed E-state index contributed by atoms with van der Waals surface area (Å²) in [6, 6.07) is 6.25. The van der Waals surface area contributed by atoms with Crippen molar-refractivity contribution in [3.8, 4) is 0 Å². The summed E-state index contributed by atoms with van der Waals surface area (Å²) in [5.41, 5.74) is 0.750. The first-order chi connectivity index (χ1) is 11.1. The molecule has 2 N–H and O–H groups in total. The summed E-state index contributed by atoms with van der Waals surface area (Å²) in [5, 5.41) is 6.40. The van der Waals surface area contributed by atoms with E-state index in [0.717, 1.165) is 12.1 Å². The highest BCUT2D eigenvalue weighted by Gasteiger charge is 2.20. The van der Waals surface area contributed by atoms with Crippen LogP contribution in [0.4, 0.5) is 4.39 Å². The summed E-state index contributed by atoms with van der Waals surface area (Å²) in [5.74, 6) is 0.569. The summed E-state index contributed by atoms with van der Waals surface area (Å²) in [7, 11) is -2.96. The lowest BCUT2D eigenvalue weighted by atomic mass is 9.90. The number of guanidine groups is 1. The fourth-order valence-corrected chi connectivity index (χ4v) is 2.90. The van der Waals surface area contributed by atoms with Crippen molar-refractivity contribution in [2.75, 3.05) is 25.1 Å². The van der Waals surface area contributed by atoms with Crippen molar-refractivity contribution < 1.29 is 12.8 Å². The van der Waals surface area contributed by atoms with Gasteiger partial charge in [0.15, 0.2) is 5.96 Å². The Morgan fingerprint density at radius 1 is 1.20 bits per heavy atom. The Bertz CT molecular complexity index is 646. The van der Waals surface area contributed by atoms with E-state index < -0.39 is 9.84 Å². The van der Waals surface area contributed by atoms with Crippen molar-refractivity contribution >= 4 is 39.8 Å². The molecule has 0 radical (unpaired) electrons. The van der Waals surface area contributed by atoms with Crippen LogP contribution in [-0.4, -0.2) is 39.5 Å². The summed E-state index contributed by atoms with van der Waals surface area (Å²) in [4.78, 5) is 4.48. The Morgan fingerprint density at radius 3 is 2.32 bits per heavy atom. The second-order valence-corrected chi connectivity index (χ2v) is 8.98. The van der Waals surface area contributed by atoms with Crippen molar-refractivity contribution in [2.45, 2.75) is 33.7 Å². The number of halogens is 2. The zero-order chi connectivity index (χ0) is 18.2. The molecule has 0 spiro atoms. The van der Waals surface area contributed by atoms with Crippen LogP contribution in [0.1, 0.15) is 32.8 Å². The number of hydrogen-bond donors (Lipinski definition) is 2. The van der Waals surface area contributed by atoms with E-state index >= 15 is 0 Å². The first-order valence-corrected chi connectivity index (χ1v) is 10.1. The number of hydrogen-bond acceptors (Lipinski definition) is 3. The summed E-state index contributed by atoms with van der Waals surface area (Å²) in [6.45, 7) is 7.80. The average molecular weight is 485 g/mol. The quantitative estimate of drug-likeness (QED) is 0.338. The van der Waals surface area contributed by atoms with E-state index in [1.807, 2.05) is 20.8 Å². The normalized spacial score (nSPS) is 12.4. The van der Waals surface area contributed by atoms with E-state index in [1.54, 1.807) is 12.1 Å². The molecule has 5 nitrogen and oxygen atoms in total. The number of nitrogens with zero attached hydrogens (tertiary/aromatic N) is 1. The molecule has 0 unspecified atom stereocenters. The molecule has 144 valence electrons. The molecular weight excluding hydrogens is 456 g/mol. The highest BCUT2D eigenvalue weighted by Crippen LogP contribution is 2.19. The number of aliphatic imine (C=N–C) groups is 1. The third-order valence-electron chi connectivity index (χ3n) is 3.56. The average Bonchev–Trinajstić information content (AvgIpc) is 2.49. The molecular formula is C17H29FIN3O2S. The van der Waals surface area contributed by atoms with Crippen molar-refractivity contribution in [1.29, 1.82) is 0 Å². The molecule has 0 saturated heterocycles. The predicted molar refractivity (Wildman–Crippen MR) is 113 cm³/mol. The molecule has 0 amide bonds. The summed E-state index contributed by atoms with van der Waals surface area (Å²) < 4.78 is 35.5. The van der Waals surface area contributed by atoms with Gasteiger partial charge in [0.2, 0.25) is 0 Å². The van der Waals surface area contributed by atoms with E-state index in [-0.39, 0.29) is 41.0 Å². The van der Waals surface area contributed by atoms with Gasteiger partial charge in [0.05, 0.1) is 12.3 Å². The molecule has 0 heterocycles. The largest absolute Gasteiger partial charge is 0.357 e. The zero-order valence-electron chi connectivity index (χ0n) is 15.3. The van der Waals surface area contributed by atoms with Gasteiger partial charge in [-0.15, -0.1) is 24.0 Å². The number of rotatable bonds is 8. The van der Waals surface area contributed by atoms with Crippen molar-refractivity contribution in [3.05, 3.63) is 35.6 Å². The van der Waals surface area contributed by atoms with Crippen LogP contribution in [0.5, 0.6) is 0 Å². The molecule has 25 heavy (non-hydrogen) atoms. The van der Waals surface area contributed by atoms with Crippen molar-refractivity contribution in [2.24, 2.45) is 10.4 Å². The third-order valence-corrected chi connectivity index (χ3v) is 4.51. The van der Waals surface area contributed by atoms with Crippen LogP contribution < -0.4 is 10.6 Å². The molecule has 0 bridgehead atoms. The molecule has 0 aromatic heterocycles. The smallest absolute Gasteiger partial charge is 0.191 e. The third kappa shape index (κ3) is 11.4. The fourth-order valence-electron chi connectivity index (χ4n) is 1.97. The van der Waals surface area contributed by atoms with Crippen LogP contribution in [0.25, 0.3) is 0 Å². The number of benzene rings is 1. The van der Waals surface area contributed by atoms with Crippen molar-refractivity contribution in [1.82, 2.24) is 10.6 Å². The molecule has 0 atom stereocenters. The highest BCUT2D eigenvalue weighted by atomic mass is 127. The Labute approximate surface area is 167 Å². The van der Waals surface area contributed by atoms with Crippen LogP contribution in [-0.2, 0) is 16.4 Å². The molecule has 0 aliphatic heterocycles. The first-order valence-electron chi connectivity index (χ1n) is 8.06. The van der Waals surface area contributed by atoms with E-state index in [0.29, 0.717) is 25.5 Å². The topological polar surface area (TPSA) is 70.6 Å². The maximum atomic E-state index is 12.9. The van der Waals surface area contributed by atoms with E-state index in [2.05, 4.69) is 15.6 Å². The fraction of sp³-hybridized carbons (Fsp3) is 0.588. The minimum Gasteiger partial charge on any atom is -0.357 e. The molecule has 0 saturated carbocycles. The molecule has 0 aliphatic carbocycles. The molecule has 1 aromatic carbocycles. The van der Waals surface area contributed by atoms with Gasteiger partial charge in [-0.3, -0.25) is 0 Å². The second-order valence-electron chi connectivity index (χ2n) is 6.72. The van der Waals surface area contributed by atoms with Gasteiger partial charge in [0, 0.05) is 19.3 Å². The number of sulfone groups is 1. The minimum atomic E-state index is -2.96. The van der Waals surface area contributed by atoms with E-state index in [4.69, 9.17) is 0 Å². The van der Waals surface area contributed by atoms with Crippen LogP contribution >= 0.6 is 24.0 Å². The zero-order valence-corrected chi connectivity index (χ0v) is 18.4. The van der Waals surface area contributed by atoms with Gasteiger partial charge in [-0.05, 0) is 36.5 Å². The standard InChI is InChI=1S/C17H28FN3O2S.HI/c1-5-19-16(20-12-14-6-8-15(18)9-7-14)21-13-17(2,3)10-11-24(4,22)23;/h6-9H,5,10-13H2,1-4H3,(H2,19,20,21);1H. The summed E-state index contributed by atoms with van der Waals surface area (Å²) >= 11 is 0. The summed E-state index contributed by atoms with van der Waals surface area (Å²) in [6.07, 6.45) is 1.83. The van der Waals surface area contributed by atoms with Gasteiger partial charge in [-0.2, -0.15) is 0 Å². The Morgan fingerprint density at radius 2 is 1.80 bits per heavy atom. The van der Waals surface area contributed by atoms with Crippen LogP contribution in [0.2, 0.25) is 0 Å². The Balaban J connectivity index is 0.00000576. The second kappa shape index (κ2) is 10.9. The van der Waals surface area contributed by atoms with E-state index in [9.17, 15) is 12.8 Å². The van der Waals surface area contributed by atoms with Gasteiger partial charge < -0.3 is 10.6 Å². The van der Waals surface area contributed by atoms with Gasteiger partial charge in [-0.1, -0.05) is 26.0 Å². The molecule has 0 aliphatic rings. The Hall–Kier alpha value is -0.900. The highest BCUT2D eigenvalue weighted by molar-refractivity contribution is 14.0. The molecule has 1 rings (SSSR count). The SMILES string of the molecule is CCNC(=NCc1ccc(F)cc1)NCC(C)(C)CCS(C)(=O)=O.I. The number of nitrogens with one attached hydrogen (secondary N) is 2. The van der Waals surface area contributed by atoms with Gasteiger partial charge in [0.25, 0.3) is 0 Å².